The summed E-state index contributed by atoms with van der Waals surface area (Å²) in [6.07, 6.45) is 0. The molecule has 1 heterocycles. The van der Waals surface area contributed by atoms with Gasteiger partial charge >= 0.3 is 0 Å². The van der Waals surface area contributed by atoms with E-state index in [2.05, 4.69) is 0 Å². The smallest absolute Gasteiger partial charge is 0.231 e. The van der Waals surface area contributed by atoms with Gasteiger partial charge in [0.1, 0.15) is 0 Å². The Bertz CT molecular complexity index is 415. The molecule has 0 aromatic heterocycles. The molecular weight excluding hydrogens is 228 g/mol. The summed E-state index contributed by atoms with van der Waals surface area (Å²) in [5.41, 5.74) is 0.874. The molecule has 2 rings (SSSR count). The Hall–Kier alpha value is -1.22. The van der Waals surface area contributed by atoms with Crippen LogP contribution in [-0.2, 0) is 4.79 Å². The lowest BCUT2D eigenvalue weighted by molar-refractivity contribution is -0.113. The van der Waals surface area contributed by atoms with E-state index in [0.717, 1.165) is 5.56 Å². The second-order valence-electron chi connectivity index (χ2n) is 4.14. The van der Waals surface area contributed by atoms with Crippen LogP contribution in [0.5, 0.6) is 11.5 Å². The van der Waals surface area contributed by atoms with E-state index in [-0.39, 0.29) is 23.9 Å². The van der Waals surface area contributed by atoms with E-state index in [1.165, 1.54) is 0 Å². The van der Waals surface area contributed by atoms with Crippen molar-refractivity contribution in [3.8, 4) is 11.5 Å². The van der Waals surface area contributed by atoms with E-state index >= 15 is 0 Å². The molecule has 16 heavy (non-hydrogen) atoms. The first-order valence-electron chi connectivity index (χ1n) is 5.18. The Morgan fingerprint density at radius 3 is 2.62 bits per heavy atom. The molecule has 1 aromatic carbocycles. The van der Waals surface area contributed by atoms with Crippen molar-refractivity contribution < 1.29 is 14.3 Å². The molecule has 0 spiro atoms. The topological polar surface area (TPSA) is 35.5 Å². The van der Waals surface area contributed by atoms with E-state index in [9.17, 15) is 4.79 Å². The van der Waals surface area contributed by atoms with E-state index in [1.807, 2.05) is 32.0 Å². The highest BCUT2D eigenvalue weighted by atomic mass is 35.5. The number of rotatable bonds is 3. The molecule has 1 unspecified atom stereocenters. The van der Waals surface area contributed by atoms with Gasteiger partial charge in [0, 0.05) is 0 Å². The molecule has 0 N–H and O–H groups in total. The summed E-state index contributed by atoms with van der Waals surface area (Å²) in [7, 11) is 0. The Labute approximate surface area is 99.3 Å². The maximum atomic E-state index is 11.4. The van der Waals surface area contributed by atoms with Crippen LogP contribution >= 0.6 is 11.6 Å². The molecule has 0 fully saturated rings. The normalized spacial score (nSPS) is 15.2. The summed E-state index contributed by atoms with van der Waals surface area (Å²) >= 11 is 5.61. The third-order valence-corrected chi connectivity index (χ3v) is 2.90. The van der Waals surface area contributed by atoms with Crippen LogP contribution in [0.25, 0.3) is 0 Å². The van der Waals surface area contributed by atoms with Crippen molar-refractivity contribution >= 4 is 16.8 Å². The molecule has 4 heteroatoms. The third-order valence-electron chi connectivity index (χ3n) is 2.67. The fourth-order valence-electron chi connectivity index (χ4n) is 1.88. The lowest BCUT2D eigenvalue weighted by Crippen LogP contribution is -2.13. The van der Waals surface area contributed by atoms with Gasteiger partial charge in [-0.2, -0.15) is 0 Å². The van der Waals surface area contributed by atoms with Gasteiger partial charge in [0.25, 0.3) is 0 Å². The first-order chi connectivity index (χ1) is 7.59. The van der Waals surface area contributed by atoms with Crippen LogP contribution in [0.4, 0.5) is 0 Å². The average Bonchev–Trinajstić information content (AvgIpc) is 2.63. The highest BCUT2D eigenvalue weighted by Gasteiger charge is 2.24. The second-order valence-corrected chi connectivity index (χ2v) is 4.51. The van der Waals surface area contributed by atoms with Gasteiger partial charge in [-0.05, 0) is 35.2 Å². The Morgan fingerprint density at radius 2 is 2.00 bits per heavy atom. The molecule has 1 aromatic rings. The van der Waals surface area contributed by atoms with E-state index in [0.29, 0.717) is 11.5 Å². The number of hydrogen-bond acceptors (Lipinski definition) is 3. The zero-order chi connectivity index (χ0) is 11.7. The predicted octanol–water partition coefficient (Wildman–Crippen LogP) is 2.92. The van der Waals surface area contributed by atoms with Gasteiger partial charge in [-0.3, -0.25) is 4.79 Å². The number of benzene rings is 1. The van der Waals surface area contributed by atoms with Gasteiger partial charge in [0.2, 0.25) is 12.0 Å². The summed E-state index contributed by atoms with van der Waals surface area (Å²) < 4.78 is 10.5. The molecule has 0 amide bonds. The fraction of sp³-hybridized carbons (Fsp3) is 0.417. The van der Waals surface area contributed by atoms with Crippen molar-refractivity contribution in [2.45, 2.75) is 19.8 Å². The van der Waals surface area contributed by atoms with E-state index in [4.69, 9.17) is 21.1 Å². The molecule has 0 saturated carbocycles. The van der Waals surface area contributed by atoms with Gasteiger partial charge in [-0.1, -0.05) is 19.9 Å². The van der Waals surface area contributed by atoms with Crippen LogP contribution < -0.4 is 9.47 Å². The number of fused-ring (bicyclic) bond motifs is 1. The first kappa shape index (κ1) is 11.3. The van der Waals surface area contributed by atoms with Crippen molar-refractivity contribution in [2.24, 2.45) is 5.92 Å². The lowest BCUT2D eigenvalue weighted by atomic mass is 9.89. The van der Waals surface area contributed by atoms with Crippen LogP contribution in [0.15, 0.2) is 18.2 Å². The summed E-state index contributed by atoms with van der Waals surface area (Å²) in [4.78, 5) is 11.4. The monoisotopic (exact) mass is 240 g/mol. The van der Waals surface area contributed by atoms with Crippen LogP contribution in [0.3, 0.4) is 0 Å². The van der Waals surface area contributed by atoms with E-state index < -0.39 is 0 Å². The van der Waals surface area contributed by atoms with Gasteiger partial charge in [-0.25, -0.2) is 0 Å². The number of carbonyl (C=O) groups is 1. The van der Waals surface area contributed by atoms with Crippen molar-refractivity contribution in [2.75, 3.05) is 6.79 Å². The van der Waals surface area contributed by atoms with Crippen molar-refractivity contribution in [1.29, 1.82) is 0 Å². The molecule has 1 atom stereocenters. The van der Waals surface area contributed by atoms with Crippen LogP contribution in [-0.4, -0.2) is 12.0 Å². The van der Waals surface area contributed by atoms with Crippen molar-refractivity contribution in [3.63, 3.8) is 0 Å². The maximum Gasteiger partial charge on any atom is 0.231 e. The molecule has 1 aliphatic rings. The summed E-state index contributed by atoms with van der Waals surface area (Å²) in [5.74, 6) is 1.26. The highest BCUT2D eigenvalue weighted by molar-refractivity contribution is 6.64. The largest absolute Gasteiger partial charge is 0.454 e. The minimum atomic E-state index is -0.339. The van der Waals surface area contributed by atoms with Crippen molar-refractivity contribution in [3.05, 3.63) is 23.8 Å². The Balaban J connectivity index is 2.35. The predicted molar refractivity (Wildman–Crippen MR) is 61.0 cm³/mol. The molecule has 0 radical (unpaired) electrons. The minimum Gasteiger partial charge on any atom is -0.454 e. The number of carbonyl (C=O) groups excluding carboxylic acids is 1. The zero-order valence-corrected chi connectivity index (χ0v) is 9.95. The molecule has 1 aliphatic heterocycles. The average molecular weight is 241 g/mol. The van der Waals surface area contributed by atoms with Crippen LogP contribution in [0.1, 0.15) is 25.3 Å². The minimum absolute atomic E-state index is 0.158. The highest BCUT2D eigenvalue weighted by Crippen LogP contribution is 2.37. The van der Waals surface area contributed by atoms with Gasteiger partial charge in [-0.15, -0.1) is 0 Å². The first-order valence-corrected chi connectivity index (χ1v) is 5.56. The molecule has 0 bridgehead atoms. The van der Waals surface area contributed by atoms with Gasteiger partial charge < -0.3 is 9.47 Å². The Morgan fingerprint density at radius 1 is 1.31 bits per heavy atom. The Kier molecular flexibility index (Phi) is 3.06. The summed E-state index contributed by atoms with van der Waals surface area (Å²) in [5, 5.41) is -0.339. The fourth-order valence-corrected chi connectivity index (χ4v) is 2.26. The lowest BCUT2D eigenvalue weighted by Gasteiger charge is -2.17. The van der Waals surface area contributed by atoms with E-state index in [1.54, 1.807) is 0 Å². The quantitative estimate of drug-likeness (QED) is 0.762. The molecular formula is C12H13ClO3. The van der Waals surface area contributed by atoms with Crippen LogP contribution in [0, 0.1) is 5.92 Å². The third kappa shape index (κ3) is 2.00. The van der Waals surface area contributed by atoms with Gasteiger partial charge in [0.05, 0.1) is 5.92 Å². The molecule has 86 valence electrons. The summed E-state index contributed by atoms with van der Waals surface area (Å²) in [6, 6.07) is 5.50. The second kappa shape index (κ2) is 4.34. The van der Waals surface area contributed by atoms with Gasteiger partial charge in [0.15, 0.2) is 11.5 Å². The molecule has 0 aliphatic carbocycles. The van der Waals surface area contributed by atoms with Crippen molar-refractivity contribution in [1.82, 2.24) is 0 Å². The molecule has 3 nitrogen and oxygen atoms in total. The zero-order valence-electron chi connectivity index (χ0n) is 9.20. The SMILES string of the molecule is CC(C)C(C(=O)Cl)c1ccc2c(c1)OCO2. The number of hydrogen-bond donors (Lipinski definition) is 0. The standard InChI is InChI=1S/C12H13ClO3/c1-7(2)11(12(13)14)8-3-4-9-10(5-8)16-6-15-9/h3-5,7,11H,6H2,1-2H3. The number of halogens is 1. The summed E-state index contributed by atoms with van der Waals surface area (Å²) in [6.45, 7) is 4.17. The number of ether oxygens (including phenoxy) is 2. The molecule has 0 saturated heterocycles. The maximum absolute atomic E-state index is 11.4. The van der Waals surface area contributed by atoms with Crippen LogP contribution in [0.2, 0.25) is 0 Å².